The molecular weight excluding hydrogens is 380 g/mol. The van der Waals surface area contributed by atoms with Crippen LogP contribution in [-0.2, 0) is 6.54 Å². The van der Waals surface area contributed by atoms with Crippen molar-refractivity contribution in [2.24, 2.45) is 0 Å². The Bertz CT molecular complexity index is 965. The van der Waals surface area contributed by atoms with E-state index in [9.17, 15) is 4.79 Å². The molecule has 0 fully saturated rings. The maximum atomic E-state index is 12.4. The molecule has 0 saturated heterocycles. The molecule has 1 aromatic heterocycles. The zero-order chi connectivity index (χ0) is 19.9. The lowest BCUT2D eigenvalue weighted by Crippen LogP contribution is -2.30. The lowest BCUT2D eigenvalue weighted by atomic mass is 10.2. The first-order chi connectivity index (χ1) is 13.6. The third kappa shape index (κ3) is 4.60. The van der Waals surface area contributed by atoms with Gasteiger partial charge in [0.25, 0.3) is 5.91 Å². The molecule has 0 spiro atoms. The number of amides is 1. The highest BCUT2D eigenvalue weighted by Crippen LogP contribution is 2.23. The Labute approximate surface area is 167 Å². The molecule has 3 rings (SSSR count). The number of para-hydroxylation sites is 1. The highest BCUT2D eigenvalue weighted by Gasteiger charge is 2.13. The highest BCUT2D eigenvalue weighted by molar-refractivity contribution is 6.30. The van der Waals surface area contributed by atoms with Gasteiger partial charge in [-0.15, -0.1) is 0 Å². The number of nitrogens with two attached hydrogens (primary N) is 1. The van der Waals surface area contributed by atoms with Crippen LogP contribution in [0.25, 0.3) is 0 Å². The summed E-state index contributed by atoms with van der Waals surface area (Å²) in [5.74, 6) is 0.796. The van der Waals surface area contributed by atoms with E-state index in [0.717, 1.165) is 5.56 Å². The SMILES string of the molecule is COc1ccccc1C(=O)NNc1ncnc(NCc2ccc(Cl)cc2)c1N. The molecule has 144 valence electrons. The Balaban J connectivity index is 1.65. The van der Waals surface area contributed by atoms with Crippen molar-refractivity contribution in [3.8, 4) is 5.75 Å². The molecule has 28 heavy (non-hydrogen) atoms. The van der Waals surface area contributed by atoms with Gasteiger partial charge in [0, 0.05) is 11.6 Å². The second-order valence-electron chi connectivity index (χ2n) is 5.74. The summed E-state index contributed by atoms with van der Waals surface area (Å²) < 4.78 is 5.19. The summed E-state index contributed by atoms with van der Waals surface area (Å²) in [6.45, 7) is 0.505. The number of benzene rings is 2. The van der Waals surface area contributed by atoms with Crippen molar-refractivity contribution in [1.29, 1.82) is 0 Å². The normalized spacial score (nSPS) is 10.2. The summed E-state index contributed by atoms with van der Waals surface area (Å²) in [4.78, 5) is 20.6. The number of hydrogen-bond donors (Lipinski definition) is 4. The van der Waals surface area contributed by atoms with E-state index in [1.54, 1.807) is 24.3 Å². The van der Waals surface area contributed by atoms with E-state index in [1.165, 1.54) is 13.4 Å². The first kappa shape index (κ1) is 19.2. The van der Waals surface area contributed by atoms with Crippen LogP contribution in [0.4, 0.5) is 17.3 Å². The largest absolute Gasteiger partial charge is 0.496 e. The fourth-order valence-electron chi connectivity index (χ4n) is 2.44. The van der Waals surface area contributed by atoms with Gasteiger partial charge in [-0.25, -0.2) is 9.97 Å². The third-order valence-corrected chi connectivity index (χ3v) is 4.16. The molecule has 0 atom stereocenters. The van der Waals surface area contributed by atoms with Crippen LogP contribution in [0, 0.1) is 0 Å². The zero-order valence-electron chi connectivity index (χ0n) is 15.1. The van der Waals surface area contributed by atoms with Crippen LogP contribution in [-0.4, -0.2) is 23.0 Å². The summed E-state index contributed by atoms with van der Waals surface area (Å²) in [6, 6.07) is 14.3. The fourth-order valence-corrected chi connectivity index (χ4v) is 2.57. The van der Waals surface area contributed by atoms with Gasteiger partial charge in [-0.05, 0) is 29.8 Å². The molecule has 8 nitrogen and oxygen atoms in total. The summed E-state index contributed by atoms with van der Waals surface area (Å²) >= 11 is 5.89. The molecule has 1 amide bonds. The Morgan fingerprint density at radius 1 is 1.11 bits per heavy atom. The number of carbonyl (C=O) groups is 1. The van der Waals surface area contributed by atoms with Crippen molar-refractivity contribution in [2.45, 2.75) is 6.54 Å². The van der Waals surface area contributed by atoms with Gasteiger partial charge in [-0.1, -0.05) is 35.9 Å². The van der Waals surface area contributed by atoms with Crippen molar-refractivity contribution in [1.82, 2.24) is 15.4 Å². The fraction of sp³-hybridized carbons (Fsp3) is 0.105. The molecule has 0 radical (unpaired) electrons. The van der Waals surface area contributed by atoms with Crippen LogP contribution >= 0.6 is 11.6 Å². The lowest BCUT2D eigenvalue weighted by Gasteiger charge is -2.14. The second-order valence-corrected chi connectivity index (χ2v) is 6.18. The molecule has 9 heteroatoms. The summed E-state index contributed by atoms with van der Waals surface area (Å²) in [6.07, 6.45) is 1.35. The second kappa shape index (κ2) is 8.92. The van der Waals surface area contributed by atoms with E-state index >= 15 is 0 Å². The number of nitrogens with zero attached hydrogens (tertiary/aromatic N) is 2. The molecule has 0 aliphatic carbocycles. The molecule has 0 aliphatic heterocycles. The molecule has 5 N–H and O–H groups in total. The number of nitrogen functional groups attached to an aromatic ring is 1. The van der Waals surface area contributed by atoms with Crippen LogP contribution in [0.3, 0.4) is 0 Å². The van der Waals surface area contributed by atoms with Gasteiger partial charge in [-0.2, -0.15) is 0 Å². The predicted octanol–water partition coefficient (Wildman–Crippen LogP) is 3.09. The van der Waals surface area contributed by atoms with Crippen LogP contribution in [0.15, 0.2) is 54.9 Å². The van der Waals surface area contributed by atoms with E-state index in [1.807, 2.05) is 24.3 Å². The number of rotatable bonds is 7. The van der Waals surface area contributed by atoms with Gasteiger partial charge in [0.15, 0.2) is 11.6 Å². The Kier molecular flexibility index (Phi) is 6.13. The Hall–Kier alpha value is -3.52. The number of nitrogens with one attached hydrogen (secondary N) is 3. The van der Waals surface area contributed by atoms with Gasteiger partial charge in [-0.3, -0.25) is 15.6 Å². The highest BCUT2D eigenvalue weighted by atomic mass is 35.5. The standard InChI is InChI=1S/C19H19ClN6O2/c1-28-15-5-3-2-4-14(15)19(27)26-25-18-16(21)17(23-11-24-18)22-10-12-6-8-13(20)9-7-12/h2-9,11H,10,21H2,1H3,(H,26,27)(H2,22,23,24,25). The van der Waals surface area contributed by atoms with Gasteiger partial charge in [0.05, 0.1) is 12.7 Å². The average molecular weight is 399 g/mol. The Morgan fingerprint density at radius 3 is 2.57 bits per heavy atom. The van der Waals surface area contributed by atoms with Crippen molar-refractivity contribution < 1.29 is 9.53 Å². The van der Waals surface area contributed by atoms with E-state index < -0.39 is 0 Å². The minimum absolute atomic E-state index is 0.275. The van der Waals surface area contributed by atoms with Gasteiger partial charge < -0.3 is 15.8 Å². The van der Waals surface area contributed by atoms with E-state index in [-0.39, 0.29) is 17.4 Å². The topological polar surface area (TPSA) is 114 Å². The quantitative estimate of drug-likeness (QED) is 0.452. The lowest BCUT2D eigenvalue weighted by molar-refractivity contribution is 0.0959. The number of hydrogen-bond acceptors (Lipinski definition) is 7. The molecule has 1 heterocycles. The van der Waals surface area contributed by atoms with Crippen molar-refractivity contribution in [3.63, 3.8) is 0 Å². The third-order valence-electron chi connectivity index (χ3n) is 3.90. The number of aromatic nitrogens is 2. The predicted molar refractivity (Wildman–Crippen MR) is 109 cm³/mol. The molecular formula is C19H19ClN6O2. The number of anilines is 3. The van der Waals surface area contributed by atoms with Gasteiger partial charge in [0.1, 0.15) is 17.8 Å². The van der Waals surface area contributed by atoms with Crippen LogP contribution in [0.1, 0.15) is 15.9 Å². The summed E-state index contributed by atoms with van der Waals surface area (Å²) in [5.41, 5.74) is 13.1. The number of halogens is 1. The average Bonchev–Trinajstić information content (AvgIpc) is 2.73. The molecule has 0 unspecified atom stereocenters. The van der Waals surface area contributed by atoms with Crippen LogP contribution < -0.4 is 26.6 Å². The van der Waals surface area contributed by atoms with Crippen molar-refractivity contribution in [3.05, 3.63) is 71.0 Å². The minimum Gasteiger partial charge on any atom is -0.496 e. The number of ether oxygens (including phenoxy) is 1. The Morgan fingerprint density at radius 2 is 1.82 bits per heavy atom. The first-order valence-corrected chi connectivity index (χ1v) is 8.74. The first-order valence-electron chi connectivity index (χ1n) is 8.36. The monoisotopic (exact) mass is 398 g/mol. The molecule has 0 bridgehead atoms. The minimum atomic E-state index is -0.383. The zero-order valence-corrected chi connectivity index (χ0v) is 15.8. The molecule has 0 saturated carbocycles. The van der Waals surface area contributed by atoms with Crippen LogP contribution in [0.2, 0.25) is 5.02 Å². The maximum Gasteiger partial charge on any atom is 0.273 e. The number of methoxy groups -OCH3 is 1. The van der Waals surface area contributed by atoms with Gasteiger partial charge in [0.2, 0.25) is 0 Å². The summed E-state index contributed by atoms with van der Waals surface area (Å²) in [7, 11) is 1.50. The smallest absolute Gasteiger partial charge is 0.273 e. The molecule has 2 aromatic carbocycles. The van der Waals surface area contributed by atoms with E-state index in [4.69, 9.17) is 22.1 Å². The van der Waals surface area contributed by atoms with E-state index in [0.29, 0.717) is 28.7 Å². The summed E-state index contributed by atoms with van der Waals surface area (Å²) in [5, 5.41) is 3.80. The van der Waals surface area contributed by atoms with Crippen LogP contribution in [0.5, 0.6) is 5.75 Å². The van der Waals surface area contributed by atoms with Crippen molar-refractivity contribution in [2.75, 3.05) is 23.6 Å². The van der Waals surface area contributed by atoms with Crippen molar-refractivity contribution >= 4 is 34.8 Å². The molecule has 3 aromatic rings. The molecule has 0 aliphatic rings. The van der Waals surface area contributed by atoms with Gasteiger partial charge >= 0.3 is 0 Å². The number of carbonyl (C=O) groups excluding carboxylic acids is 1. The van der Waals surface area contributed by atoms with E-state index in [2.05, 4.69) is 26.1 Å². The maximum absolute atomic E-state index is 12.4. The number of hydrazine groups is 1.